The van der Waals surface area contributed by atoms with Crippen LogP contribution in [0, 0.1) is 0 Å². The van der Waals surface area contributed by atoms with Gasteiger partial charge in [-0.05, 0) is 55.7 Å². The molecule has 3 aromatic rings. The summed E-state index contributed by atoms with van der Waals surface area (Å²) in [4.78, 5) is 27.3. The van der Waals surface area contributed by atoms with Gasteiger partial charge in [-0.1, -0.05) is 6.07 Å². The zero-order valence-electron chi connectivity index (χ0n) is 15.7. The highest BCUT2D eigenvalue weighted by Gasteiger charge is 2.19. The Bertz CT molecular complexity index is 1020. The second kappa shape index (κ2) is 7.72. The van der Waals surface area contributed by atoms with Gasteiger partial charge >= 0.3 is 0 Å². The second-order valence-corrected chi connectivity index (χ2v) is 6.87. The van der Waals surface area contributed by atoms with Crippen LogP contribution in [0.25, 0.3) is 10.9 Å². The molecule has 0 spiro atoms. The summed E-state index contributed by atoms with van der Waals surface area (Å²) in [5.74, 6) is 0.310. The molecule has 2 heterocycles. The molecule has 1 aliphatic rings. The molecule has 0 atom stereocenters. The van der Waals surface area contributed by atoms with Gasteiger partial charge in [0.05, 0.1) is 12.6 Å². The number of fused-ring (bicyclic) bond motifs is 1. The number of nitrogens with zero attached hydrogens (tertiary/aromatic N) is 2. The van der Waals surface area contributed by atoms with Crippen LogP contribution in [0.4, 0.5) is 5.69 Å². The zero-order chi connectivity index (χ0) is 19.5. The number of hydrogen-bond acceptors (Lipinski definition) is 4. The lowest BCUT2D eigenvalue weighted by Crippen LogP contribution is -2.35. The predicted octanol–water partition coefficient (Wildman–Crippen LogP) is 3.45. The number of likely N-dealkylation sites (tertiary alicyclic amines) is 1. The van der Waals surface area contributed by atoms with Crippen molar-refractivity contribution in [1.82, 2.24) is 15.1 Å². The number of ether oxygens (including phenoxy) is 1. The normalized spacial score (nSPS) is 14.1. The van der Waals surface area contributed by atoms with E-state index in [1.807, 2.05) is 11.0 Å². The van der Waals surface area contributed by atoms with Crippen molar-refractivity contribution in [1.29, 1.82) is 0 Å². The van der Waals surface area contributed by atoms with E-state index in [0.717, 1.165) is 31.4 Å². The predicted molar refractivity (Wildman–Crippen MR) is 107 cm³/mol. The third-order valence-electron chi connectivity index (χ3n) is 5.00. The number of benzene rings is 2. The maximum Gasteiger partial charge on any atom is 0.276 e. The summed E-state index contributed by atoms with van der Waals surface area (Å²) in [7, 11) is 1.58. The lowest BCUT2D eigenvalue weighted by Gasteiger charge is -2.26. The molecule has 1 saturated heterocycles. The summed E-state index contributed by atoms with van der Waals surface area (Å²) in [5.41, 5.74) is 2.17. The highest BCUT2D eigenvalue weighted by molar-refractivity contribution is 6.11. The van der Waals surface area contributed by atoms with E-state index in [0.29, 0.717) is 22.4 Å². The lowest BCUT2D eigenvalue weighted by atomic mass is 10.1. The van der Waals surface area contributed by atoms with Gasteiger partial charge in [0.1, 0.15) is 5.75 Å². The molecular formula is C21H22N4O3. The van der Waals surface area contributed by atoms with E-state index in [-0.39, 0.29) is 17.5 Å². The lowest BCUT2D eigenvalue weighted by molar-refractivity contribution is 0.0724. The van der Waals surface area contributed by atoms with E-state index < -0.39 is 0 Å². The third-order valence-corrected chi connectivity index (χ3v) is 5.00. The number of anilines is 1. The molecule has 0 radical (unpaired) electrons. The topological polar surface area (TPSA) is 87.3 Å². The molecule has 4 rings (SSSR count). The average Bonchev–Trinajstić information content (AvgIpc) is 3.17. The van der Waals surface area contributed by atoms with E-state index in [9.17, 15) is 9.59 Å². The molecule has 28 heavy (non-hydrogen) atoms. The number of piperidine rings is 1. The number of amides is 2. The monoisotopic (exact) mass is 378 g/mol. The van der Waals surface area contributed by atoms with Gasteiger partial charge < -0.3 is 15.0 Å². The van der Waals surface area contributed by atoms with Crippen molar-refractivity contribution in [2.24, 2.45) is 0 Å². The Morgan fingerprint density at radius 1 is 1.11 bits per heavy atom. The molecule has 144 valence electrons. The third kappa shape index (κ3) is 3.55. The molecule has 0 aliphatic carbocycles. The van der Waals surface area contributed by atoms with E-state index in [4.69, 9.17) is 4.74 Å². The molecule has 7 nitrogen and oxygen atoms in total. The Morgan fingerprint density at radius 2 is 1.93 bits per heavy atom. The number of hydrogen-bond donors (Lipinski definition) is 2. The Morgan fingerprint density at radius 3 is 2.71 bits per heavy atom. The number of aromatic nitrogens is 2. The minimum absolute atomic E-state index is 0.00533. The van der Waals surface area contributed by atoms with Crippen molar-refractivity contribution >= 4 is 28.4 Å². The Kier molecular flexibility index (Phi) is 4.97. The molecule has 0 bridgehead atoms. The van der Waals surface area contributed by atoms with Crippen LogP contribution in [0.1, 0.15) is 40.1 Å². The van der Waals surface area contributed by atoms with E-state index in [1.54, 1.807) is 43.5 Å². The number of H-pyrrole nitrogens is 1. The Balaban J connectivity index is 1.54. The van der Waals surface area contributed by atoms with Gasteiger partial charge in [-0.25, -0.2) is 0 Å². The number of aromatic amines is 1. The highest BCUT2D eigenvalue weighted by atomic mass is 16.5. The number of rotatable bonds is 4. The molecule has 7 heteroatoms. The van der Waals surface area contributed by atoms with Crippen LogP contribution in [-0.4, -0.2) is 47.1 Å². The van der Waals surface area contributed by atoms with Crippen molar-refractivity contribution in [3.05, 3.63) is 53.7 Å². The molecule has 2 aromatic carbocycles. The van der Waals surface area contributed by atoms with Gasteiger partial charge in [0.15, 0.2) is 5.69 Å². The van der Waals surface area contributed by atoms with Crippen LogP contribution >= 0.6 is 0 Å². The van der Waals surface area contributed by atoms with Crippen LogP contribution in [0.15, 0.2) is 42.5 Å². The van der Waals surface area contributed by atoms with Crippen LogP contribution < -0.4 is 10.1 Å². The SMILES string of the molecule is COc1ccc2[nH]nc(C(=O)Nc3cccc(C(=O)N4CCCCC4)c3)c2c1. The number of methoxy groups -OCH3 is 1. The zero-order valence-corrected chi connectivity index (χ0v) is 15.7. The first kappa shape index (κ1) is 18.0. The number of nitrogens with one attached hydrogen (secondary N) is 2. The minimum atomic E-state index is -0.345. The maximum atomic E-state index is 12.7. The number of carbonyl (C=O) groups excluding carboxylic acids is 2. The average molecular weight is 378 g/mol. The van der Waals surface area contributed by atoms with Gasteiger partial charge in [0.25, 0.3) is 11.8 Å². The fraction of sp³-hybridized carbons (Fsp3) is 0.286. The largest absolute Gasteiger partial charge is 0.497 e. The first-order chi connectivity index (χ1) is 13.7. The van der Waals surface area contributed by atoms with Gasteiger partial charge in [-0.15, -0.1) is 0 Å². The molecule has 0 saturated carbocycles. The summed E-state index contributed by atoms with van der Waals surface area (Å²) in [6.45, 7) is 1.58. The number of carbonyl (C=O) groups is 2. The minimum Gasteiger partial charge on any atom is -0.497 e. The van der Waals surface area contributed by atoms with E-state index in [1.165, 1.54) is 6.42 Å². The molecule has 1 fully saturated rings. The molecule has 2 amide bonds. The van der Waals surface area contributed by atoms with Crippen LogP contribution in [0.5, 0.6) is 5.75 Å². The van der Waals surface area contributed by atoms with Gasteiger partial charge in [0, 0.05) is 29.7 Å². The van der Waals surface area contributed by atoms with Crippen LogP contribution in [0.2, 0.25) is 0 Å². The first-order valence-electron chi connectivity index (χ1n) is 9.38. The fourth-order valence-electron chi connectivity index (χ4n) is 3.49. The van der Waals surface area contributed by atoms with Crippen molar-refractivity contribution in [2.75, 3.05) is 25.5 Å². The standard InChI is InChI=1S/C21H22N4O3/c1-28-16-8-9-18-17(13-16)19(24-23-18)20(26)22-15-7-5-6-14(12-15)21(27)25-10-3-2-4-11-25/h5-9,12-13H,2-4,10-11H2,1H3,(H,22,26)(H,23,24). The maximum absolute atomic E-state index is 12.7. The second-order valence-electron chi connectivity index (χ2n) is 6.87. The summed E-state index contributed by atoms with van der Waals surface area (Å²) < 4.78 is 5.23. The molecule has 0 unspecified atom stereocenters. The fourth-order valence-corrected chi connectivity index (χ4v) is 3.49. The van der Waals surface area contributed by atoms with Gasteiger partial charge in [-0.2, -0.15) is 5.10 Å². The van der Waals surface area contributed by atoms with E-state index in [2.05, 4.69) is 15.5 Å². The van der Waals surface area contributed by atoms with Gasteiger partial charge in [0.2, 0.25) is 0 Å². The first-order valence-corrected chi connectivity index (χ1v) is 9.38. The van der Waals surface area contributed by atoms with Crippen molar-refractivity contribution in [3.8, 4) is 5.75 Å². The van der Waals surface area contributed by atoms with Gasteiger partial charge in [-0.3, -0.25) is 14.7 Å². The molecule has 1 aromatic heterocycles. The molecular weight excluding hydrogens is 356 g/mol. The summed E-state index contributed by atoms with van der Waals surface area (Å²) in [6, 6.07) is 12.4. The summed E-state index contributed by atoms with van der Waals surface area (Å²) in [6.07, 6.45) is 3.25. The van der Waals surface area contributed by atoms with Crippen molar-refractivity contribution in [2.45, 2.75) is 19.3 Å². The van der Waals surface area contributed by atoms with E-state index >= 15 is 0 Å². The van der Waals surface area contributed by atoms with Crippen molar-refractivity contribution < 1.29 is 14.3 Å². The van der Waals surface area contributed by atoms with Crippen LogP contribution in [0.3, 0.4) is 0 Å². The Labute approximate surface area is 162 Å². The molecule has 1 aliphatic heterocycles. The van der Waals surface area contributed by atoms with Crippen LogP contribution in [-0.2, 0) is 0 Å². The Hall–Kier alpha value is -3.35. The smallest absolute Gasteiger partial charge is 0.276 e. The highest BCUT2D eigenvalue weighted by Crippen LogP contribution is 2.23. The quantitative estimate of drug-likeness (QED) is 0.728. The molecule has 2 N–H and O–H groups in total. The summed E-state index contributed by atoms with van der Waals surface area (Å²) >= 11 is 0. The van der Waals surface area contributed by atoms with Crippen molar-refractivity contribution in [3.63, 3.8) is 0 Å². The summed E-state index contributed by atoms with van der Waals surface area (Å²) in [5, 5.41) is 10.5.